The Morgan fingerprint density at radius 2 is 1.63 bits per heavy atom. The fourth-order valence-corrected chi connectivity index (χ4v) is 12.9. The summed E-state index contributed by atoms with van der Waals surface area (Å²) >= 11 is 0. The predicted molar refractivity (Wildman–Crippen MR) is 216 cm³/mol. The first-order valence-corrected chi connectivity index (χ1v) is 22.3. The molecule has 2 saturated carbocycles. The molecule has 0 aliphatic heterocycles. The maximum atomic E-state index is 13.9. The van der Waals surface area contributed by atoms with Gasteiger partial charge >= 0.3 is 19.7 Å². The van der Waals surface area contributed by atoms with E-state index < -0.39 is 25.7 Å². The van der Waals surface area contributed by atoms with Crippen LogP contribution in [0.15, 0.2) is 47.1 Å². The lowest BCUT2D eigenvalue weighted by Gasteiger charge is -2.62. The second-order valence-electron chi connectivity index (χ2n) is 19.4. The molecule has 0 heterocycles. The van der Waals surface area contributed by atoms with Gasteiger partial charge in [0.15, 0.2) is 0 Å². The molecule has 0 aromatic heterocycles. The van der Waals surface area contributed by atoms with Crippen LogP contribution in [0, 0.1) is 45.3 Å². The van der Waals surface area contributed by atoms with Crippen LogP contribution in [0.2, 0.25) is 0 Å². The topological polar surface area (TPSA) is 111 Å². The molecule has 9 atom stereocenters. The molecule has 9 heteroatoms. The highest BCUT2D eigenvalue weighted by Gasteiger charge is 2.63. The number of fused-ring (bicyclic) bond motifs is 4. The molecule has 54 heavy (non-hydrogen) atoms. The van der Waals surface area contributed by atoms with Crippen molar-refractivity contribution in [3.8, 4) is 5.75 Å². The molecule has 0 saturated heterocycles. The van der Waals surface area contributed by atoms with Gasteiger partial charge in [-0.1, -0.05) is 90.3 Å². The van der Waals surface area contributed by atoms with E-state index in [0.717, 1.165) is 31.6 Å². The highest BCUT2D eigenvalue weighted by molar-refractivity contribution is 7.51. The summed E-state index contributed by atoms with van der Waals surface area (Å²) in [6.07, 6.45) is 13.1. The van der Waals surface area contributed by atoms with Gasteiger partial charge < -0.3 is 18.9 Å². The number of allylic oxidation sites excluding steroid dienone is 4. The molecule has 0 bridgehead atoms. The lowest BCUT2D eigenvalue weighted by Crippen LogP contribution is -2.55. The molecule has 5 rings (SSSR count). The van der Waals surface area contributed by atoms with Crippen molar-refractivity contribution in [1.82, 2.24) is 5.09 Å². The van der Waals surface area contributed by atoms with Crippen molar-refractivity contribution >= 4 is 19.7 Å². The number of para-hydroxylation sites is 1. The lowest BCUT2D eigenvalue weighted by molar-refractivity contribution is -0.150. The maximum Gasteiger partial charge on any atom is 0.456 e. The van der Waals surface area contributed by atoms with Crippen LogP contribution in [0.3, 0.4) is 0 Å². The second kappa shape index (κ2) is 15.9. The molecular weight excluding hydrogens is 697 g/mol. The van der Waals surface area contributed by atoms with Gasteiger partial charge in [-0.2, -0.15) is 5.09 Å². The third-order valence-corrected chi connectivity index (χ3v) is 15.8. The number of rotatable bonds is 13. The fraction of sp³-hybridized carbons (Fsp3) is 0.733. The highest BCUT2D eigenvalue weighted by atomic mass is 31.2. The molecule has 0 amide bonds. The minimum atomic E-state index is -4.60. The normalized spacial score (nSPS) is 32.5. The maximum absolute atomic E-state index is 13.9. The zero-order valence-corrected chi connectivity index (χ0v) is 36.2. The molecule has 2 fully saturated rings. The minimum Gasteiger partial charge on any atom is -0.462 e. The number of hydrogen-bond donors (Lipinski definition) is 2. The average Bonchev–Trinajstić information content (AvgIpc) is 3.35. The second-order valence-corrected chi connectivity index (χ2v) is 20.9. The average molecular weight is 768 g/mol. The summed E-state index contributed by atoms with van der Waals surface area (Å²) in [5.74, 6) is 0.160. The van der Waals surface area contributed by atoms with Crippen LogP contribution in [0.5, 0.6) is 5.75 Å². The Morgan fingerprint density at radius 1 is 0.944 bits per heavy atom. The van der Waals surface area contributed by atoms with Crippen LogP contribution in [-0.2, 0) is 18.8 Å². The van der Waals surface area contributed by atoms with Crippen LogP contribution in [0.4, 0.5) is 0 Å². The van der Waals surface area contributed by atoms with Crippen LogP contribution in [0.25, 0.3) is 0 Å². The molecule has 302 valence electrons. The summed E-state index contributed by atoms with van der Waals surface area (Å²) in [6, 6.07) is 5.27. The zero-order chi connectivity index (χ0) is 40.0. The van der Waals surface area contributed by atoms with E-state index >= 15 is 0 Å². The first-order chi connectivity index (χ1) is 25.1. The van der Waals surface area contributed by atoms with E-state index in [4.69, 9.17) is 14.0 Å². The third-order valence-electron chi connectivity index (χ3n) is 14.8. The first kappa shape index (κ1) is 42.7. The van der Waals surface area contributed by atoms with Crippen LogP contribution in [0.1, 0.15) is 158 Å². The summed E-state index contributed by atoms with van der Waals surface area (Å²) in [6.45, 7) is 26.1. The van der Waals surface area contributed by atoms with Gasteiger partial charge in [0.2, 0.25) is 0 Å². The number of nitrogens with one attached hydrogen (secondary N) is 1. The number of ether oxygens (including phenoxy) is 2. The molecule has 4 aliphatic carbocycles. The van der Waals surface area contributed by atoms with Crippen LogP contribution < -0.4 is 9.61 Å². The van der Waals surface area contributed by atoms with E-state index in [0.29, 0.717) is 17.3 Å². The van der Waals surface area contributed by atoms with E-state index in [9.17, 15) is 19.0 Å². The van der Waals surface area contributed by atoms with Gasteiger partial charge in [-0.15, -0.1) is 0 Å². The molecule has 1 aromatic carbocycles. The van der Waals surface area contributed by atoms with E-state index in [1.54, 1.807) is 57.0 Å². The summed E-state index contributed by atoms with van der Waals surface area (Å²) in [7, 11) is -4.60. The Hall–Kier alpha value is -2.41. The van der Waals surface area contributed by atoms with Crippen molar-refractivity contribution in [2.75, 3.05) is 0 Å². The summed E-state index contributed by atoms with van der Waals surface area (Å²) in [5.41, 5.74) is 5.26. The van der Waals surface area contributed by atoms with Crippen molar-refractivity contribution in [1.29, 1.82) is 0 Å². The Labute approximate surface area is 326 Å². The molecule has 0 radical (unpaired) electrons. The van der Waals surface area contributed by atoms with Crippen molar-refractivity contribution in [2.24, 2.45) is 45.3 Å². The number of carbonyl (C=O) groups excluding carboxylic acids is 2. The van der Waals surface area contributed by atoms with Crippen LogP contribution in [-0.4, -0.2) is 35.1 Å². The number of hydrogen-bond acceptors (Lipinski definition) is 6. The Morgan fingerprint density at radius 3 is 2.28 bits per heavy atom. The largest absolute Gasteiger partial charge is 0.462 e. The number of esters is 2. The van der Waals surface area contributed by atoms with Gasteiger partial charge in [-0.05, 0) is 144 Å². The summed E-state index contributed by atoms with van der Waals surface area (Å²) < 4.78 is 30.6. The predicted octanol–water partition coefficient (Wildman–Crippen LogP) is 11.4. The zero-order valence-electron chi connectivity index (χ0n) is 35.3. The van der Waals surface area contributed by atoms with E-state index in [1.807, 2.05) is 0 Å². The van der Waals surface area contributed by atoms with Gasteiger partial charge in [0.1, 0.15) is 23.5 Å². The number of benzene rings is 1. The van der Waals surface area contributed by atoms with Gasteiger partial charge in [0.05, 0.1) is 6.10 Å². The van der Waals surface area contributed by atoms with Gasteiger partial charge in [-0.25, -0.2) is 9.36 Å². The fourth-order valence-electron chi connectivity index (χ4n) is 11.7. The van der Waals surface area contributed by atoms with E-state index in [1.165, 1.54) is 50.2 Å². The smallest absolute Gasteiger partial charge is 0.456 e. The highest BCUT2D eigenvalue weighted by Crippen LogP contribution is 2.72. The van der Waals surface area contributed by atoms with Crippen molar-refractivity contribution < 1.29 is 33.0 Å². The lowest BCUT2D eigenvalue weighted by atomic mass is 9.43. The molecule has 1 aromatic rings. The number of carbonyl (C=O) groups is 2. The standard InChI is InChI=1S/C45H70NO7P/c1-28(2)16-15-17-31(7)33-22-26-45(12)35-20-21-37-42(8,9)38(24-25-43(37,10)34(35)23-27-44(33,45)11)52-40(47)32-18-13-14-19-36(32)53-54(49,50)46-39(29(3)4)41(48)51-30(5)6/h13-14,16,18-19,29-31,33,37-39H,15,17,20-27H2,1-12H3,(H2,46,49,50)/t31-,33-,37+,38+,39+,43-,44-,45+/m1/s1. The van der Waals surface area contributed by atoms with E-state index in [2.05, 4.69) is 66.6 Å². The third kappa shape index (κ3) is 8.05. The van der Waals surface area contributed by atoms with Gasteiger partial charge in [-0.3, -0.25) is 4.79 Å². The van der Waals surface area contributed by atoms with Gasteiger partial charge in [0, 0.05) is 5.41 Å². The molecule has 1 unspecified atom stereocenters. The summed E-state index contributed by atoms with van der Waals surface area (Å²) in [5, 5.41) is 2.46. The Bertz CT molecular complexity index is 1670. The van der Waals surface area contributed by atoms with Crippen molar-refractivity contribution in [2.45, 2.75) is 166 Å². The quantitative estimate of drug-likeness (QED) is 0.116. The van der Waals surface area contributed by atoms with Crippen molar-refractivity contribution in [3.05, 3.63) is 52.6 Å². The van der Waals surface area contributed by atoms with E-state index in [-0.39, 0.29) is 45.7 Å². The SMILES string of the molecule is CC(C)=CCC[C@@H](C)[C@H]1CC[C@@]2(C)C3=C(CC[C@]12C)[C@@]1(C)CC[C@H](OC(=O)c2ccccc2OP(=O)(O)N[C@H](C(=O)OC(C)C)C(C)C)C(C)(C)[C@@H]1CC3. The first-order valence-electron chi connectivity index (χ1n) is 20.7. The monoisotopic (exact) mass is 767 g/mol. The molecule has 8 nitrogen and oxygen atoms in total. The molecule has 4 aliphatic rings. The summed E-state index contributed by atoms with van der Waals surface area (Å²) in [4.78, 5) is 37.5. The van der Waals surface area contributed by atoms with Gasteiger partial charge in [0.25, 0.3) is 0 Å². The van der Waals surface area contributed by atoms with Crippen molar-refractivity contribution in [3.63, 3.8) is 0 Å². The Kier molecular flexibility index (Phi) is 12.5. The molecule has 2 N–H and O–H groups in total. The van der Waals surface area contributed by atoms with Crippen LogP contribution >= 0.6 is 7.75 Å². The minimum absolute atomic E-state index is 0.0529. The Balaban J connectivity index is 1.32. The molecule has 0 spiro atoms. The molecular formula is C45H70NO7P.